The van der Waals surface area contributed by atoms with E-state index < -0.39 is 0 Å². The van der Waals surface area contributed by atoms with Gasteiger partial charge in [-0.05, 0) is 54.5 Å². The first-order chi connectivity index (χ1) is 9.74. The molecule has 1 nitrogen and oxygen atoms in total. The molecular weight excluding hydrogens is 310 g/mol. The van der Waals surface area contributed by atoms with E-state index in [2.05, 4.69) is 70.6 Å². The molecule has 0 spiro atoms. The summed E-state index contributed by atoms with van der Waals surface area (Å²) in [6, 6.07) is 16.0. The average Bonchev–Trinajstić information content (AvgIpc) is 2.48. The van der Waals surface area contributed by atoms with Crippen LogP contribution < -0.4 is 5.32 Å². The van der Waals surface area contributed by atoms with Gasteiger partial charge in [-0.15, -0.1) is 0 Å². The van der Waals surface area contributed by atoms with Gasteiger partial charge in [-0.25, -0.2) is 0 Å². The van der Waals surface area contributed by atoms with Crippen LogP contribution in [-0.2, 0) is 13.0 Å². The number of nitrogens with one attached hydrogen (secondary N) is 1. The van der Waals surface area contributed by atoms with Gasteiger partial charge in [0.15, 0.2) is 0 Å². The molecule has 20 heavy (non-hydrogen) atoms. The van der Waals surface area contributed by atoms with Crippen LogP contribution >= 0.6 is 15.9 Å². The fourth-order valence-electron chi connectivity index (χ4n) is 2.95. The third kappa shape index (κ3) is 2.97. The summed E-state index contributed by atoms with van der Waals surface area (Å²) in [4.78, 5) is 0. The molecule has 1 unspecified atom stereocenters. The van der Waals surface area contributed by atoms with Gasteiger partial charge in [-0.2, -0.15) is 0 Å². The van der Waals surface area contributed by atoms with Gasteiger partial charge in [0.2, 0.25) is 0 Å². The highest BCUT2D eigenvalue weighted by molar-refractivity contribution is 9.10. The summed E-state index contributed by atoms with van der Waals surface area (Å²) in [7, 11) is 0. The maximum atomic E-state index is 3.72. The van der Waals surface area contributed by atoms with E-state index >= 15 is 0 Å². The van der Waals surface area contributed by atoms with Crippen LogP contribution in [0.2, 0.25) is 0 Å². The number of hydrogen-bond acceptors (Lipinski definition) is 1. The molecular formula is C18H20BrN. The lowest BCUT2D eigenvalue weighted by Gasteiger charge is -2.26. The summed E-state index contributed by atoms with van der Waals surface area (Å²) < 4.78 is 1.20. The molecule has 104 valence electrons. The fraction of sp³-hybridized carbons (Fsp3) is 0.333. The van der Waals surface area contributed by atoms with Crippen LogP contribution in [-0.4, -0.2) is 0 Å². The van der Waals surface area contributed by atoms with Gasteiger partial charge in [0, 0.05) is 17.1 Å². The molecule has 0 saturated carbocycles. The highest BCUT2D eigenvalue weighted by atomic mass is 79.9. The number of fused-ring (bicyclic) bond motifs is 1. The molecule has 0 amide bonds. The van der Waals surface area contributed by atoms with Crippen LogP contribution in [0.4, 0.5) is 0 Å². The second-order valence-corrected chi connectivity index (χ2v) is 6.46. The van der Waals surface area contributed by atoms with E-state index in [9.17, 15) is 0 Å². The first kappa shape index (κ1) is 13.8. The number of aryl methyl sites for hydroxylation is 2. The highest BCUT2D eigenvalue weighted by Gasteiger charge is 2.18. The van der Waals surface area contributed by atoms with Crippen molar-refractivity contribution in [1.82, 2.24) is 5.32 Å². The molecule has 0 heterocycles. The van der Waals surface area contributed by atoms with Crippen LogP contribution in [0, 0.1) is 6.92 Å². The minimum atomic E-state index is 0.500. The second kappa shape index (κ2) is 6.11. The molecule has 0 aromatic heterocycles. The van der Waals surface area contributed by atoms with Crippen molar-refractivity contribution in [1.29, 1.82) is 0 Å². The molecule has 1 aliphatic rings. The second-order valence-electron chi connectivity index (χ2n) is 5.61. The van der Waals surface area contributed by atoms with Crippen LogP contribution in [0.15, 0.2) is 46.9 Å². The Morgan fingerprint density at radius 2 is 2.05 bits per heavy atom. The van der Waals surface area contributed by atoms with E-state index in [1.807, 2.05) is 0 Å². The van der Waals surface area contributed by atoms with Gasteiger partial charge in [-0.3, -0.25) is 0 Å². The van der Waals surface area contributed by atoms with Crippen molar-refractivity contribution in [3.63, 3.8) is 0 Å². The summed E-state index contributed by atoms with van der Waals surface area (Å²) in [5.74, 6) is 0. The topological polar surface area (TPSA) is 12.0 Å². The Balaban J connectivity index is 1.71. The Morgan fingerprint density at radius 1 is 1.20 bits per heavy atom. The maximum Gasteiger partial charge on any atom is 0.0326 e. The number of benzene rings is 2. The van der Waals surface area contributed by atoms with Crippen molar-refractivity contribution in [2.75, 3.05) is 0 Å². The molecule has 0 aliphatic heterocycles. The molecule has 0 fully saturated rings. The van der Waals surface area contributed by atoms with Crippen molar-refractivity contribution in [2.24, 2.45) is 0 Å². The smallest absolute Gasteiger partial charge is 0.0326 e. The van der Waals surface area contributed by atoms with E-state index in [1.165, 1.54) is 46.0 Å². The lowest BCUT2D eigenvalue weighted by molar-refractivity contribution is 0.459. The number of halogens is 1. The molecule has 0 radical (unpaired) electrons. The molecule has 2 aromatic carbocycles. The quantitative estimate of drug-likeness (QED) is 0.842. The standard InChI is InChI=1S/C18H20BrN/c1-13-9-10-14(11-17(13)19)12-20-18-8-4-6-15-5-2-3-7-16(15)18/h2-3,5,7,9-11,18,20H,4,6,8,12H2,1H3. The summed E-state index contributed by atoms with van der Waals surface area (Å²) in [5.41, 5.74) is 5.63. The predicted molar refractivity (Wildman–Crippen MR) is 87.8 cm³/mol. The lowest BCUT2D eigenvalue weighted by atomic mass is 9.87. The summed E-state index contributed by atoms with van der Waals surface area (Å²) in [5, 5.41) is 3.72. The first-order valence-corrected chi connectivity index (χ1v) is 8.09. The predicted octanol–water partition coefficient (Wildman–Crippen LogP) is 4.92. The lowest BCUT2D eigenvalue weighted by Crippen LogP contribution is -2.24. The average molecular weight is 330 g/mol. The Hall–Kier alpha value is -1.12. The molecule has 1 atom stereocenters. The molecule has 0 bridgehead atoms. The molecule has 2 heteroatoms. The first-order valence-electron chi connectivity index (χ1n) is 7.30. The summed E-state index contributed by atoms with van der Waals surface area (Å²) in [6.45, 7) is 3.05. The monoisotopic (exact) mass is 329 g/mol. The zero-order chi connectivity index (χ0) is 13.9. The maximum absolute atomic E-state index is 3.72. The van der Waals surface area contributed by atoms with E-state index in [1.54, 1.807) is 0 Å². The Bertz CT molecular complexity index is 606. The molecule has 3 rings (SSSR count). The molecule has 2 aromatic rings. The van der Waals surface area contributed by atoms with Gasteiger partial charge in [-0.1, -0.05) is 52.3 Å². The van der Waals surface area contributed by atoms with Crippen molar-refractivity contribution >= 4 is 15.9 Å². The van der Waals surface area contributed by atoms with Crippen molar-refractivity contribution in [3.05, 3.63) is 69.2 Å². The normalized spacial score (nSPS) is 17.8. The largest absolute Gasteiger partial charge is 0.306 e. The molecule has 1 aliphatic carbocycles. The zero-order valence-electron chi connectivity index (χ0n) is 11.8. The van der Waals surface area contributed by atoms with Crippen LogP contribution in [0.25, 0.3) is 0 Å². The van der Waals surface area contributed by atoms with Crippen molar-refractivity contribution < 1.29 is 0 Å². The zero-order valence-corrected chi connectivity index (χ0v) is 13.4. The fourth-order valence-corrected chi connectivity index (χ4v) is 3.38. The van der Waals surface area contributed by atoms with Gasteiger partial charge >= 0.3 is 0 Å². The van der Waals surface area contributed by atoms with E-state index in [0.29, 0.717) is 6.04 Å². The third-order valence-electron chi connectivity index (χ3n) is 4.16. The van der Waals surface area contributed by atoms with E-state index in [4.69, 9.17) is 0 Å². The Morgan fingerprint density at radius 3 is 2.90 bits per heavy atom. The highest BCUT2D eigenvalue weighted by Crippen LogP contribution is 2.29. The van der Waals surface area contributed by atoms with Crippen LogP contribution in [0.5, 0.6) is 0 Å². The third-order valence-corrected chi connectivity index (χ3v) is 5.01. The molecule has 0 saturated heterocycles. The Labute approximate surface area is 129 Å². The van der Waals surface area contributed by atoms with Gasteiger partial charge in [0.05, 0.1) is 0 Å². The number of rotatable bonds is 3. The van der Waals surface area contributed by atoms with E-state index in [0.717, 1.165) is 6.54 Å². The molecule has 1 N–H and O–H groups in total. The van der Waals surface area contributed by atoms with Gasteiger partial charge in [0.25, 0.3) is 0 Å². The van der Waals surface area contributed by atoms with Gasteiger partial charge in [0.1, 0.15) is 0 Å². The van der Waals surface area contributed by atoms with Crippen LogP contribution in [0.3, 0.4) is 0 Å². The minimum Gasteiger partial charge on any atom is -0.306 e. The summed E-state index contributed by atoms with van der Waals surface area (Å²) in [6.07, 6.45) is 3.75. The SMILES string of the molecule is Cc1ccc(CNC2CCCc3ccccc32)cc1Br. The van der Waals surface area contributed by atoms with Crippen molar-refractivity contribution in [3.8, 4) is 0 Å². The van der Waals surface area contributed by atoms with Crippen LogP contribution in [0.1, 0.15) is 41.1 Å². The minimum absolute atomic E-state index is 0.500. The van der Waals surface area contributed by atoms with Gasteiger partial charge < -0.3 is 5.32 Å². The summed E-state index contributed by atoms with van der Waals surface area (Å²) >= 11 is 3.61. The number of hydrogen-bond donors (Lipinski definition) is 1. The van der Waals surface area contributed by atoms with Crippen molar-refractivity contribution in [2.45, 2.75) is 38.8 Å². The van der Waals surface area contributed by atoms with E-state index in [-0.39, 0.29) is 0 Å². The Kier molecular flexibility index (Phi) is 4.23.